The van der Waals surface area contributed by atoms with Crippen LogP contribution in [0.4, 0.5) is 0 Å². The molecular formula is C17H36O4. The SMILES string of the molecule is CC(C)C(O)C(C(O)C(C)C)(C(O)C(C)C)C(O)C(C)C. The zero-order valence-corrected chi connectivity index (χ0v) is 14.9. The Balaban J connectivity index is 6.20. The van der Waals surface area contributed by atoms with Gasteiger partial charge in [-0.2, -0.15) is 0 Å². The lowest BCUT2D eigenvalue weighted by Gasteiger charge is -2.52. The molecule has 4 N–H and O–H groups in total. The molecule has 0 radical (unpaired) electrons. The van der Waals surface area contributed by atoms with Crippen molar-refractivity contribution >= 4 is 0 Å². The van der Waals surface area contributed by atoms with Crippen LogP contribution in [0.25, 0.3) is 0 Å². The molecule has 0 aromatic heterocycles. The highest BCUT2D eigenvalue weighted by Gasteiger charge is 2.57. The molecule has 4 heteroatoms. The molecule has 0 heterocycles. The molecule has 0 aromatic rings. The molecule has 4 nitrogen and oxygen atoms in total. The summed E-state index contributed by atoms with van der Waals surface area (Å²) in [7, 11) is 0. The molecule has 21 heavy (non-hydrogen) atoms. The minimum Gasteiger partial charge on any atom is -0.392 e. The maximum Gasteiger partial charge on any atom is 0.0749 e. The van der Waals surface area contributed by atoms with Crippen LogP contribution in [-0.2, 0) is 0 Å². The topological polar surface area (TPSA) is 80.9 Å². The van der Waals surface area contributed by atoms with Crippen molar-refractivity contribution in [3.63, 3.8) is 0 Å². The van der Waals surface area contributed by atoms with Crippen molar-refractivity contribution in [2.75, 3.05) is 0 Å². The van der Waals surface area contributed by atoms with Gasteiger partial charge in [0.15, 0.2) is 0 Å². The fraction of sp³-hybridized carbons (Fsp3) is 1.00. The van der Waals surface area contributed by atoms with Gasteiger partial charge in [0.2, 0.25) is 0 Å². The smallest absolute Gasteiger partial charge is 0.0749 e. The lowest BCUT2D eigenvalue weighted by molar-refractivity contribution is -0.231. The maximum atomic E-state index is 10.8. The van der Waals surface area contributed by atoms with Gasteiger partial charge >= 0.3 is 0 Å². The first-order valence-electron chi connectivity index (χ1n) is 8.14. The van der Waals surface area contributed by atoms with Crippen LogP contribution in [0.3, 0.4) is 0 Å². The minimum atomic E-state index is -1.36. The first kappa shape index (κ1) is 20.8. The van der Waals surface area contributed by atoms with Gasteiger partial charge in [-0.1, -0.05) is 55.4 Å². The molecule has 0 amide bonds. The summed E-state index contributed by atoms with van der Waals surface area (Å²) < 4.78 is 0. The predicted octanol–water partition coefficient (Wildman–Crippen LogP) is 2.04. The molecule has 0 saturated heterocycles. The molecule has 0 spiro atoms. The van der Waals surface area contributed by atoms with E-state index in [1.165, 1.54) is 0 Å². The molecule has 0 fully saturated rings. The van der Waals surface area contributed by atoms with Crippen LogP contribution in [-0.4, -0.2) is 44.8 Å². The normalized spacial score (nSPS) is 21.7. The molecule has 4 atom stereocenters. The molecule has 128 valence electrons. The fourth-order valence-corrected chi connectivity index (χ4v) is 3.36. The summed E-state index contributed by atoms with van der Waals surface area (Å²) in [6, 6.07) is 0. The van der Waals surface area contributed by atoms with Crippen molar-refractivity contribution in [1.29, 1.82) is 0 Å². The lowest BCUT2D eigenvalue weighted by atomic mass is 9.59. The van der Waals surface area contributed by atoms with Gasteiger partial charge in [-0.3, -0.25) is 0 Å². The summed E-state index contributed by atoms with van der Waals surface area (Å²) in [5.41, 5.74) is -1.36. The van der Waals surface area contributed by atoms with Crippen LogP contribution >= 0.6 is 0 Å². The van der Waals surface area contributed by atoms with Crippen molar-refractivity contribution in [2.24, 2.45) is 29.1 Å². The molecule has 0 aromatic carbocycles. The van der Waals surface area contributed by atoms with E-state index in [-0.39, 0.29) is 23.7 Å². The third kappa shape index (κ3) is 3.98. The molecule has 0 aliphatic heterocycles. The zero-order chi connectivity index (χ0) is 17.1. The summed E-state index contributed by atoms with van der Waals surface area (Å²) in [6.07, 6.45) is -3.98. The van der Waals surface area contributed by atoms with Crippen LogP contribution in [0.15, 0.2) is 0 Å². The van der Waals surface area contributed by atoms with Gasteiger partial charge in [-0.25, -0.2) is 0 Å². The van der Waals surface area contributed by atoms with Gasteiger partial charge in [-0.15, -0.1) is 0 Å². The Bertz CT molecular complexity index is 238. The van der Waals surface area contributed by atoms with E-state index in [2.05, 4.69) is 0 Å². The molecule has 0 saturated carbocycles. The number of rotatable bonds is 8. The van der Waals surface area contributed by atoms with Gasteiger partial charge in [-0.05, 0) is 23.7 Å². The Labute approximate surface area is 130 Å². The van der Waals surface area contributed by atoms with Gasteiger partial charge < -0.3 is 20.4 Å². The number of hydrogen-bond donors (Lipinski definition) is 4. The summed E-state index contributed by atoms with van der Waals surface area (Å²) in [6.45, 7) is 14.7. The largest absolute Gasteiger partial charge is 0.392 e. The van der Waals surface area contributed by atoms with E-state index in [0.29, 0.717) is 0 Å². The summed E-state index contributed by atoms with van der Waals surface area (Å²) >= 11 is 0. The van der Waals surface area contributed by atoms with Crippen molar-refractivity contribution in [3.05, 3.63) is 0 Å². The van der Waals surface area contributed by atoms with E-state index in [9.17, 15) is 20.4 Å². The van der Waals surface area contributed by atoms with Gasteiger partial charge in [0.25, 0.3) is 0 Å². The number of aliphatic hydroxyl groups excluding tert-OH is 4. The maximum absolute atomic E-state index is 10.8. The standard InChI is InChI=1S/C17H36O4/c1-9(2)13(18)17(14(19)10(3)4,15(20)11(5)6)16(21)12(7)8/h9-16,18-21H,1-8H3. The highest BCUT2D eigenvalue weighted by atomic mass is 16.3. The van der Waals surface area contributed by atoms with E-state index < -0.39 is 29.8 Å². The second-order valence-electron chi connectivity index (χ2n) is 7.76. The Hall–Kier alpha value is -0.160. The van der Waals surface area contributed by atoms with Gasteiger partial charge in [0, 0.05) is 0 Å². The molecule has 0 aliphatic carbocycles. The van der Waals surface area contributed by atoms with E-state index in [1.54, 1.807) is 0 Å². The van der Waals surface area contributed by atoms with Crippen LogP contribution in [0.5, 0.6) is 0 Å². The second-order valence-corrected chi connectivity index (χ2v) is 7.76. The quantitative estimate of drug-likeness (QED) is 0.553. The Morgan fingerprint density at radius 2 is 0.571 bits per heavy atom. The summed E-state index contributed by atoms with van der Waals surface area (Å²) in [5, 5.41) is 43.3. The van der Waals surface area contributed by atoms with Crippen LogP contribution < -0.4 is 0 Å². The number of aliphatic hydroxyl groups is 4. The highest BCUT2D eigenvalue weighted by molar-refractivity contribution is 5.06. The van der Waals surface area contributed by atoms with E-state index >= 15 is 0 Å². The Kier molecular flexibility index (Phi) is 7.85. The first-order valence-corrected chi connectivity index (χ1v) is 8.14. The van der Waals surface area contributed by atoms with Crippen molar-refractivity contribution < 1.29 is 20.4 Å². The molecule has 0 bridgehead atoms. The Morgan fingerprint density at radius 1 is 0.429 bits per heavy atom. The summed E-state index contributed by atoms with van der Waals surface area (Å²) in [4.78, 5) is 0. The van der Waals surface area contributed by atoms with Crippen molar-refractivity contribution in [2.45, 2.75) is 79.8 Å². The minimum absolute atomic E-state index is 0.180. The van der Waals surface area contributed by atoms with Crippen LogP contribution in [0.1, 0.15) is 55.4 Å². The highest BCUT2D eigenvalue weighted by Crippen LogP contribution is 2.45. The van der Waals surface area contributed by atoms with Crippen LogP contribution in [0, 0.1) is 29.1 Å². The Morgan fingerprint density at radius 3 is 0.667 bits per heavy atom. The van der Waals surface area contributed by atoms with E-state index in [0.717, 1.165) is 0 Å². The van der Waals surface area contributed by atoms with Crippen molar-refractivity contribution in [3.8, 4) is 0 Å². The summed E-state index contributed by atoms with van der Waals surface area (Å²) in [5.74, 6) is -0.721. The average Bonchev–Trinajstić information content (AvgIpc) is 2.37. The van der Waals surface area contributed by atoms with E-state index in [4.69, 9.17) is 0 Å². The third-order valence-corrected chi connectivity index (χ3v) is 4.58. The lowest BCUT2D eigenvalue weighted by Crippen LogP contribution is -2.65. The third-order valence-electron chi connectivity index (χ3n) is 4.58. The molecule has 0 aliphatic rings. The first-order chi connectivity index (χ1) is 9.42. The van der Waals surface area contributed by atoms with Crippen molar-refractivity contribution in [1.82, 2.24) is 0 Å². The van der Waals surface area contributed by atoms with Gasteiger partial charge in [0.05, 0.1) is 29.8 Å². The zero-order valence-electron chi connectivity index (χ0n) is 14.9. The van der Waals surface area contributed by atoms with Crippen LogP contribution in [0.2, 0.25) is 0 Å². The fourth-order valence-electron chi connectivity index (χ4n) is 3.36. The van der Waals surface area contributed by atoms with E-state index in [1.807, 2.05) is 55.4 Å². The van der Waals surface area contributed by atoms with Gasteiger partial charge in [0.1, 0.15) is 0 Å². The number of hydrogen-bond acceptors (Lipinski definition) is 4. The monoisotopic (exact) mass is 304 g/mol. The molecule has 0 rings (SSSR count). The molecule has 4 unspecified atom stereocenters. The molecular weight excluding hydrogens is 268 g/mol. The second kappa shape index (κ2) is 7.91. The predicted molar refractivity (Wildman–Crippen MR) is 85.8 cm³/mol. The average molecular weight is 304 g/mol.